The zero-order valence-corrected chi connectivity index (χ0v) is 14.9. The predicted octanol–water partition coefficient (Wildman–Crippen LogP) is 4.24. The number of aromatic nitrogens is 3. The minimum absolute atomic E-state index is 0.197. The van der Waals surface area contributed by atoms with E-state index in [1.165, 1.54) is 12.4 Å². The first-order valence-corrected chi connectivity index (χ1v) is 8.43. The number of fused-ring (bicyclic) bond motifs is 1. The molecule has 25 heavy (non-hydrogen) atoms. The molecule has 3 aromatic rings. The number of nitrogens with zero attached hydrogens (tertiary/aromatic N) is 3. The first kappa shape index (κ1) is 15.8. The highest BCUT2D eigenvalue weighted by molar-refractivity contribution is 9.10. The molecular formula is C18H14BrFN4O. The van der Waals surface area contributed by atoms with Gasteiger partial charge in [0.2, 0.25) is 5.95 Å². The van der Waals surface area contributed by atoms with Crippen LogP contribution in [0.5, 0.6) is 5.75 Å². The SMILES string of the molecule is COc1cccc(C2=C[C@@H](c3ccc(F)c(Br)c3)n3ncnc3N2)c1. The molecule has 0 saturated heterocycles. The summed E-state index contributed by atoms with van der Waals surface area (Å²) in [6.07, 6.45) is 3.53. The van der Waals surface area contributed by atoms with Crippen LogP contribution in [0.25, 0.3) is 5.70 Å². The lowest BCUT2D eigenvalue weighted by molar-refractivity contribution is 0.414. The quantitative estimate of drug-likeness (QED) is 0.713. The summed E-state index contributed by atoms with van der Waals surface area (Å²) in [7, 11) is 1.64. The van der Waals surface area contributed by atoms with Gasteiger partial charge in [-0.15, -0.1) is 0 Å². The monoisotopic (exact) mass is 400 g/mol. The lowest BCUT2D eigenvalue weighted by Gasteiger charge is -2.24. The molecule has 1 aromatic heterocycles. The van der Waals surface area contributed by atoms with Crippen molar-refractivity contribution in [2.45, 2.75) is 6.04 Å². The molecule has 1 N–H and O–H groups in total. The molecule has 0 amide bonds. The first-order valence-electron chi connectivity index (χ1n) is 7.63. The van der Waals surface area contributed by atoms with Crippen LogP contribution in [0.2, 0.25) is 0 Å². The first-order chi connectivity index (χ1) is 12.2. The van der Waals surface area contributed by atoms with Crippen LogP contribution in [0.15, 0.2) is 59.3 Å². The van der Waals surface area contributed by atoms with Gasteiger partial charge in [0, 0.05) is 11.3 Å². The number of hydrogen-bond acceptors (Lipinski definition) is 4. The highest BCUT2D eigenvalue weighted by atomic mass is 79.9. The smallest absolute Gasteiger partial charge is 0.226 e. The summed E-state index contributed by atoms with van der Waals surface area (Å²) in [5.41, 5.74) is 2.77. The molecule has 0 unspecified atom stereocenters. The van der Waals surface area contributed by atoms with Crippen LogP contribution in [-0.4, -0.2) is 21.9 Å². The molecule has 1 aliphatic heterocycles. The van der Waals surface area contributed by atoms with Crippen molar-refractivity contribution in [2.24, 2.45) is 0 Å². The van der Waals surface area contributed by atoms with E-state index in [-0.39, 0.29) is 11.9 Å². The van der Waals surface area contributed by atoms with E-state index in [0.717, 1.165) is 22.6 Å². The van der Waals surface area contributed by atoms with Crippen molar-refractivity contribution in [3.05, 3.63) is 76.3 Å². The molecule has 2 heterocycles. The molecule has 0 aliphatic carbocycles. The second-order valence-electron chi connectivity index (χ2n) is 5.58. The number of ether oxygens (including phenoxy) is 1. The maximum absolute atomic E-state index is 13.6. The largest absolute Gasteiger partial charge is 0.497 e. The fraction of sp³-hybridized carbons (Fsp3) is 0.111. The van der Waals surface area contributed by atoms with Crippen LogP contribution >= 0.6 is 15.9 Å². The van der Waals surface area contributed by atoms with E-state index in [9.17, 15) is 4.39 Å². The molecule has 5 nitrogen and oxygen atoms in total. The van der Waals surface area contributed by atoms with Gasteiger partial charge in [-0.2, -0.15) is 10.1 Å². The van der Waals surface area contributed by atoms with Crippen molar-refractivity contribution < 1.29 is 9.13 Å². The van der Waals surface area contributed by atoms with Crippen molar-refractivity contribution in [3.8, 4) is 5.75 Å². The molecule has 4 rings (SSSR count). The van der Waals surface area contributed by atoms with E-state index in [4.69, 9.17) is 4.74 Å². The Morgan fingerprint density at radius 3 is 2.92 bits per heavy atom. The Morgan fingerprint density at radius 2 is 2.12 bits per heavy atom. The highest BCUT2D eigenvalue weighted by Crippen LogP contribution is 2.34. The summed E-state index contributed by atoms with van der Waals surface area (Å²) in [5.74, 6) is 1.10. The van der Waals surface area contributed by atoms with Gasteiger partial charge in [0.25, 0.3) is 0 Å². The number of nitrogens with one attached hydrogen (secondary N) is 1. The van der Waals surface area contributed by atoms with Crippen LogP contribution in [0.4, 0.5) is 10.3 Å². The maximum atomic E-state index is 13.6. The van der Waals surface area contributed by atoms with Gasteiger partial charge in [0.15, 0.2) is 0 Å². The number of allylic oxidation sites excluding steroid dienone is 1. The topological polar surface area (TPSA) is 52.0 Å². The Morgan fingerprint density at radius 1 is 1.24 bits per heavy atom. The van der Waals surface area contributed by atoms with Gasteiger partial charge >= 0.3 is 0 Å². The van der Waals surface area contributed by atoms with Crippen molar-refractivity contribution in [1.82, 2.24) is 14.8 Å². The van der Waals surface area contributed by atoms with Gasteiger partial charge in [-0.05, 0) is 51.8 Å². The van der Waals surface area contributed by atoms with Crippen LogP contribution in [0, 0.1) is 5.82 Å². The maximum Gasteiger partial charge on any atom is 0.226 e. The Kier molecular flexibility index (Phi) is 4.01. The zero-order valence-electron chi connectivity index (χ0n) is 13.3. The standard InChI is InChI=1S/C18H14BrFN4O/c1-25-13-4-2-3-11(7-13)16-9-17(24-18(23-16)21-10-22-24)12-5-6-15(20)14(19)8-12/h2-10,17H,1H3,(H,21,22,23)/t17-/m0/s1. The lowest BCUT2D eigenvalue weighted by atomic mass is 10.0. The number of rotatable bonds is 3. The molecular weight excluding hydrogens is 387 g/mol. The lowest BCUT2D eigenvalue weighted by Crippen LogP contribution is -2.20. The molecule has 1 atom stereocenters. The van der Waals surface area contributed by atoms with Gasteiger partial charge in [-0.3, -0.25) is 0 Å². The Labute approximate surface area is 152 Å². The fourth-order valence-corrected chi connectivity index (χ4v) is 3.22. The summed E-state index contributed by atoms with van der Waals surface area (Å²) in [4.78, 5) is 4.27. The fourth-order valence-electron chi connectivity index (χ4n) is 2.83. The number of hydrogen-bond donors (Lipinski definition) is 1. The second kappa shape index (κ2) is 6.33. The van der Waals surface area contributed by atoms with Gasteiger partial charge in [-0.1, -0.05) is 18.2 Å². The van der Waals surface area contributed by atoms with Crippen LogP contribution in [0.3, 0.4) is 0 Å². The third-order valence-corrected chi connectivity index (χ3v) is 4.68. The zero-order chi connectivity index (χ0) is 17.4. The molecule has 7 heteroatoms. The molecule has 126 valence electrons. The van der Waals surface area contributed by atoms with E-state index < -0.39 is 0 Å². The summed E-state index contributed by atoms with van der Waals surface area (Å²) in [6.45, 7) is 0. The van der Waals surface area contributed by atoms with E-state index >= 15 is 0 Å². The van der Waals surface area contributed by atoms with Crippen molar-refractivity contribution in [1.29, 1.82) is 0 Å². The van der Waals surface area contributed by atoms with E-state index in [0.29, 0.717) is 10.4 Å². The van der Waals surface area contributed by atoms with Gasteiger partial charge < -0.3 is 10.1 Å². The third-order valence-electron chi connectivity index (χ3n) is 4.07. The Hall–Kier alpha value is -2.67. The van der Waals surface area contributed by atoms with Crippen molar-refractivity contribution >= 4 is 27.6 Å². The molecule has 2 aromatic carbocycles. The Bertz CT molecular complexity index is 969. The summed E-state index contributed by atoms with van der Waals surface area (Å²) < 4.78 is 21.1. The minimum atomic E-state index is -0.298. The van der Waals surface area contributed by atoms with Crippen molar-refractivity contribution in [3.63, 3.8) is 0 Å². The number of anilines is 1. The average molecular weight is 401 g/mol. The molecule has 0 radical (unpaired) electrons. The van der Waals surface area contributed by atoms with Gasteiger partial charge in [-0.25, -0.2) is 9.07 Å². The van der Waals surface area contributed by atoms with E-state index in [2.05, 4.69) is 31.3 Å². The minimum Gasteiger partial charge on any atom is -0.497 e. The average Bonchev–Trinajstić information content (AvgIpc) is 3.12. The highest BCUT2D eigenvalue weighted by Gasteiger charge is 2.24. The normalized spacial score (nSPS) is 16.0. The predicted molar refractivity (Wildman–Crippen MR) is 96.9 cm³/mol. The van der Waals surface area contributed by atoms with Crippen LogP contribution < -0.4 is 10.1 Å². The number of halogens is 2. The molecule has 0 saturated carbocycles. The van der Waals surface area contributed by atoms with Crippen molar-refractivity contribution in [2.75, 3.05) is 12.4 Å². The summed E-state index contributed by atoms with van der Waals surface area (Å²) >= 11 is 3.25. The number of methoxy groups -OCH3 is 1. The van der Waals surface area contributed by atoms with Gasteiger partial charge in [0.05, 0.1) is 11.6 Å². The molecule has 1 aliphatic rings. The molecule has 0 spiro atoms. The van der Waals surface area contributed by atoms with Crippen LogP contribution in [-0.2, 0) is 0 Å². The van der Waals surface area contributed by atoms with Gasteiger partial charge in [0.1, 0.15) is 23.9 Å². The summed E-state index contributed by atoms with van der Waals surface area (Å²) in [5, 5.41) is 7.57. The third kappa shape index (κ3) is 2.91. The summed E-state index contributed by atoms with van der Waals surface area (Å²) in [6, 6.07) is 12.5. The second-order valence-corrected chi connectivity index (χ2v) is 6.44. The number of benzene rings is 2. The molecule has 0 fully saturated rings. The van der Waals surface area contributed by atoms with E-state index in [1.807, 2.05) is 30.3 Å². The van der Waals surface area contributed by atoms with E-state index in [1.54, 1.807) is 23.9 Å². The Balaban J connectivity index is 1.81. The molecule has 0 bridgehead atoms. The van der Waals surface area contributed by atoms with Crippen LogP contribution in [0.1, 0.15) is 17.2 Å².